The number of imide groups is 1. The minimum Gasteiger partial charge on any atom is -0.274 e. The number of nitrogens with zero attached hydrogens (tertiary/aromatic N) is 1. The van der Waals surface area contributed by atoms with Crippen LogP contribution in [0.2, 0.25) is 0 Å². The predicted molar refractivity (Wildman–Crippen MR) is 87.9 cm³/mol. The molecule has 0 unspecified atom stereocenters. The minimum absolute atomic E-state index is 0.132. The van der Waals surface area contributed by atoms with E-state index in [-0.39, 0.29) is 11.8 Å². The summed E-state index contributed by atoms with van der Waals surface area (Å²) in [6.45, 7) is 2.76. The van der Waals surface area contributed by atoms with Gasteiger partial charge in [-0.15, -0.1) is 0 Å². The minimum atomic E-state index is -0.132. The molecule has 0 fully saturated rings. The van der Waals surface area contributed by atoms with Gasteiger partial charge in [0.15, 0.2) is 0 Å². The van der Waals surface area contributed by atoms with Crippen molar-refractivity contribution in [2.45, 2.75) is 39.0 Å². The van der Waals surface area contributed by atoms with Crippen molar-refractivity contribution in [1.29, 1.82) is 0 Å². The maximum absolute atomic E-state index is 12.1. The molecule has 3 nitrogen and oxygen atoms in total. The van der Waals surface area contributed by atoms with Gasteiger partial charge >= 0.3 is 0 Å². The molecule has 1 aromatic carbocycles. The number of benzene rings is 1. The van der Waals surface area contributed by atoms with Crippen LogP contribution in [-0.2, 0) is 0 Å². The van der Waals surface area contributed by atoms with Crippen LogP contribution < -0.4 is 0 Å². The van der Waals surface area contributed by atoms with E-state index in [1.807, 2.05) is 11.8 Å². The van der Waals surface area contributed by atoms with Crippen LogP contribution in [0, 0.1) is 0 Å². The Morgan fingerprint density at radius 2 is 1.52 bits per heavy atom. The lowest BCUT2D eigenvalue weighted by molar-refractivity contribution is 0.0651. The second-order valence-electron chi connectivity index (χ2n) is 5.33. The molecule has 2 amide bonds. The van der Waals surface area contributed by atoms with Crippen LogP contribution in [-0.4, -0.2) is 34.8 Å². The van der Waals surface area contributed by atoms with Gasteiger partial charge in [0.05, 0.1) is 11.1 Å². The van der Waals surface area contributed by atoms with Gasteiger partial charge < -0.3 is 0 Å². The predicted octanol–water partition coefficient (Wildman–Crippen LogP) is 3.99. The summed E-state index contributed by atoms with van der Waals surface area (Å²) in [6.07, 6.45) is 5.69. The van der Waals surface area contributed by atoms with E-state index in [2.05, 4.69) is 6.92 Å². The van der Waals surface area contributed by atoms with Gasteiger partial charge in [0.1, 0.15) is 0 Å². The van der Waals surface area contributed by atoms with Gasteiger partial charge in [-0.3, -0.25) is 14.5 Å². The fraction of sp³-hybridized carbons (Fsp3) is 0.529. The maximum Gasteiger partial charge on any atom is 0.261 e. The SMILES string of the molecule is CCCCSCCCCCN1C(=O)c2ccccc2C1=O. The van der Waals surface area contributed by atoms with Crippen LogP contribution in [0.25, 0.3) is 0 Å². The van der Waals surface area contributed by atoms with Gasteiger partial charge in [-0.25, -0.2) is 0 Å². The van der Waals surface area contributed by atoms with Crippen molar-refractivity contribution < 1.29 is 9.59 Å². The molecule has 1 aliphatic heterocycles. The second kappa shape index (κ2) is 8.23. The van der Waals surface area contributed by atoms with Crippen LogP contribution in [0.1, 0.15) is 59.7 Å². The molecule has 1 aromatic rings. The van der Waals surface area contributed by atoms with Crippen LogP contribution in [0.5, 0.6) is 0 Å². The molecule has 21 heavy (non-hydrogen) atoms. The molecule has 0 spiro atoms. The van der Waals surface area contributed by atoms with E-state index in [0.29, 0.717) is 17.7 Å². The molecule has 0 radical (unpaired) electrons. The van der Waals surface area contributed by atoms with Crippen LogP contribution in [0.4, 0.5) is 0 Å². The van der Waals surface area contributed by atoms with Crippen molar-refractivity contribution in [1.82, 2.24) is 4.90 Å². The molecule has 0 N–H and O–H groups in total. The number of unbranched alkanes of at least 4 members (excludes halogenated alkanes) is 3. The first-order valence-corrected chi connectivity index (χ1v) is 8.94. The van der Waals surface area contributed by atoms with Crippen molar-refractivity contribution in [3.05, 3.63) is 35.4 Å². The number of hydrogen-bond acceptors (Lipinski definition) is 3. The Morgan fingerprint density at radius 1 is 0.905 bits per heavy atom. The standard InChI is InChI=1S/C17H23NO2S/c1-2-3-12-21-13-8-4-7-11-18-16(19)14-9-5-6-10-15(14)17(18)20/h5-6,9-10H,2-4,7-8,11-13H2,1H3. The molecule has 0 aliphatic carbocycles. The highest BCUT2D eigenvalue weighted by molar-refractivity contribution is 7.99. The third-order valence-electron chi connectivity index (χ3n) is 3.69. The lowest BCUT2D eigenvalue weighted by Crippen LogP contribution is -2.30. The maximum atomic E-state index is 12.1. The molecular formula is C17H23NO2S. The number of carbonyl (C=O) groups is 2. The average molecular weight is 305 g/mol. The summed E-state index contributed by atoms with van der Waals surface area (Å²) in [6, 6.07) is 7.09. The average Bonchev–Trinajstić information content (AvgIpc) is 2.75. The zero-order chi connectivity index (χ0) is 15.1. The Morgan fingerprint density at radius 3 is 2.14 bits per heavy atom. The smallest absolute Gasteiger partial charge is 0.261 e. The molecule has 0 saturated heterocycles. The van der Waals surface area contributed by atoms with Crippen molar-refractivity contribution in [3.8, 4) is 0 Å². The lowest BCUT2D eigenvalue weighted by atomic mass is 10.1. The number of carbonyl (C=O) groups excluding carboxylic acids is 2. The van der Waals surface area contributed by atoms with Crippen molar-refractivity contribution in [2.75, 3.05) is 18.1 Å². The van der Waals surface area contributed by atoms with Crippen LogP contribution in [0.15, 0.2) is 24.3 Å². The molecule has 114 valence electrons. The summed E-state index contributed by atoms with van der Waals surface area (Å²) >= 11 is 2.00. The van der Waals surface area contributed by atoms with Crippen molar-refractivity contribution >= 4 is 23.6 Å². The summed E-state index contributed by atoms with van der Waals surface area (Å²) in [5, 5.41) is 0. The Kier molecular flexibility index (Phi) is 6.30. The van der Waals surface area contributed by atoms with Gasteiger partial charge in [0, 0.05) is 6.54 Å². The first kappa shape index (κ1) is 16.1. The Hall–Kier alpha value is -1.29. The van der Waals surface area contributed by atoms with E-state index in [4.69, 9.17) is 0 Å². The zero-order valence-corrected chi connectivity index (χ0v) is 13.5. The van der Waals surface area contributed by atoms with Gasteiger partial charge in [-0.2, -0.15) is 11.8 Å². The quantitative estimate of drug-likeness (QED) is 0.511. The highest BCUT2D eigenvalue weighted by atomic mass is 32.2. The molecule has 1 aliphatic rings. The fourth-order valence-electron chi connectivity index (χ4n) is 2.44. The summed E-state index contributed by atoms with van der Waals surface area (Å²) < 4.78 is 0. The highest BCUT2D eigenvalue weighted by Crippen LogP contribution is 2.22. The third kappa shape index (κ3) is 4.10. The summed E-state index contributed by atoms with van der Waals surface area (Å²) in [7, 11) is 0. The van der Waals surface area contributed by atoms with E-state index in [0.717, 1.165) is 19.3 Å². The van der Waals surface area contributed by atoms with E-state index in [1.165, 1.54) is 29.2 Å². The zero-order valence-electron chi connectivity index (χ0n) is 12.6. The molecule has 4 heteroatoms. The topological polar surface area (TPSA) is 37.4 Å². The van der Waals surface area contributed by atoms with Gasteiger partial charge in [-0.1, -0.05) is 31.9 Å². The first-order chi connectivity index (χ1) is 10.3. The largest absolute Gasteiger partial charge is 0.274 e. The molecule has 0 bridgehead atoms. The van der Waals surface area contributed by atoms with Gasteiger partial charge in [0.25, 0.3) is 11.8 Å². The summed E-state index contributed by atoms with van der Waals surface area (Å²) in [5.41, 5.74) is 1.11. The normalized spacial score (nSPS) is 13.9. The van der Waals surface area contributed by atoms with E-state index >= 15 is 0 Å². The Balaban J connectivity index is 1.69. The third-order valence-corrected chi connectivity index (χ3v) is 4.85. The number of thioether (sulfide) groups is 1. The van der Waals surface area contributed by atoms with Gasteiger partial charge in [-0.05, 0) is 42.9 Å². The van der Waals surface area contributed by atoms with Crippen LogP contribution in [0.3, 0.4) is 0 Å². The number of fused-ring (bicyclic) bond motifs is 1. The Bertz CT molecular complexity index is 466. The first-order valence-electron chi connectivity index (χ1n) is 7.78. The lowest BCUT2D eigenvalue weighted by Gasteiger charge is -2.13. The summed E-state index contributed by atoms with van der Waals surface area (Å²) in [5.74, 6) is 2.16. The van der Waals surface area contributed by atoms with Crippen LogP contribution >= 0.6 is 11.8 Å². The molecule has 0 atom stereocenters. The molecule has 0 saturated carbocycles. The van der Waals surface area contributed by atoms with Gasteiger partial charge in [0.2, 0.25) is 0 Å². The van der Waals surface area contributed by atoms with E-state index in [1.54, 1.807) is 24.3 Å². The summed E-state index contributed by atoms with van der Waals surface area (Å²) in [4.78, 5) is 25.7. The number of rotatable bonds is 9. The Labute approximate surface area is 131 Å². The monoisotopic (exact) mass is 305 g/mol. The molecule has 0 aromatic heterocycles. The number of hydrogen-bond donors (Lipinski definition) is 0. The molecule has 2 rings (SSSR count). The fourth-order valence-corrected chi connectivity index (χ4v) is 3.55. The van der Waals surface area contributed by atoms with E-state index < -0.39 is 0 Å². The molecule has 1 heterocycles. The number of amides is 2. The van der Waals surface area contributed by atoms with E-state index in [9.17, 15) is 9.59 Å². The van der Waals surface area contributed by atoms with Crippen molar-refractivity contribution in [3.63, 3.8) is 0 Å². The second-order valence-corrected chi connectivity index (χ2v) is 6.56. The van der Waals surface area contributed by atoms with Crippen molar-refractivity contribution in [2.24, 2.45) is 0 Å². The molecular weight excluding hydrogens is 282 g/mol. The highest BCUT2D eigenvalue weighted by Gasteiger charge is 2.34.